The molecule has 1 aliphatic heterocycles. The number of halogens is 2. The Morgan fingerprint density at radius 2 is 1.75 bits per heavy atom. The fourth-order valence-electron chi connectivity index (χ4n) is 3.71. The van der Waals surface area contributed by atoms with Crippen molar-refractivity contribution in [3.63, 3.8) is 0 Å². The molecule has 0 spiro atoms. The number of hydrogen-bond acceptors (Lipinski definition) is 7. The van der Waals surface area contributed by atoms with Crippen molar-refractivity contribution in [2.75, 3.05) is 33.2 Å². The van der Waals surface area contributed by atoms with E-state index in [1.165, 1.54) is 6.07 Å². The van der Waals surface area contributed by atoms with Gasteiger partial charge in [-0.1, -0.05) is 12.1 Å². The zero-order valence-electron chi connectivity index (χ0n) is 18.2. The minimum Gasteiger partial charge on any atom is -0.496 e. The maximum Gasteiger partial charge on any atom is 0.227 e. The molecule has 1 aliphatic rings. The minimum atomic E-state index is -0.334. The Kier molecular flexibility index (Phi) is 7.71. The van der Waals surface area contributed by atoms with E-state index in [-0.39, 0.29) is 18.2 Å². The normalized spacial score (nSPS) is 13.0. The summed E-state index contributed by atoms with van der Waals surface area (Å²) in [6.07, 6.45) is 2.59. The van der Waals surface area contributed by atoms with Crippen molar-refractivity contribution in [1.29, 1.82) is 0 Å². The van der Waals surface area contributed by atoms with Crippen molar-refractivity contribution < 1.29 is 18.6 Å². The maximum atomic E-state index is 13.9. The third-order valence-electron chi connectivity index (χ3n) is 5.31. The first-order chi connectivity index (χ1) is 15.1. The molecule has 2 aromatic carbocycles. The number of benzene rings is 2. The third-order valence-corrected chi connectivity index (χ3v) is 5.31. The highest BCUT2D eigenvalue weighted by atomic mass is 35.5. The van der Waals surface area contributed by atoms with Crippen LogP contribution in [0.3, 0.4) is 0 Å². The number of para-hydroxylation sites is 1. The molecule has 7 nitrogen and oxygen atoms in total. The van der Waals surface area contributed by atoms with Gasteiger partial charge in [-0.25, -0.2) is 14.4 Å². The summed E-state index contributed by atoms with van der Waals surface area (Å²) < 4.78 is 30.2. The van der Waals surface area contributed by atoms with Crippen LogP contribution in [0.25, 0.3) is 0 Å². The van der Waals surface area contributed by atoms with Gasteiger partial charge in [0, 0.05) is 49.4 Å². The molecule has 170 valence electrons. The Bertz CT molecular complexity index is 1080. The zero-order chi connectivity index (χ0) is 21.8. The highest BCUT2D eigenvalue weighted by Gasteiger charge is 2.21. The molecule has 32 heavy (non-hydrogen) atoms. The molecule has 0 saturated heterocycles. The standard InChI is InChI=1S/C23H25FN4O3.ClH/c1-29-20-11-22(31-3)21(30-2)10-15(20)13-28-9-8-18-16(14-28)12-25-23(26-18)27-19-7-5-4-6-17(19)24;/h4-7,10-12H,8-9,13-14H2,1-3H3,(H,25,26,27);1H. The van der Waals surface area contributed by atoms with Crippen molar-refractivity contribution >= 4 is 24.0 Å². The lowest BCUT2D eigenvalue weighted by Crippen LogP contribution is -2.31. The second kappa shape index (κ2) is 10.5. The molecular formula is C23H26ClFN4O3. The highest BCUT2D eigenvalue weighted by Crippen LogP contribution is 2.35. The Morgan fingerprint density at radius 1 is 1.03 bits per heavy atom. The van der Waals surface area contributed by atoms with Gasteiger partial charge in [0.15, 0.2) is 11.5 Å². The molecule has 0 saturated carbocycles. The van der Waals surface area contributed by atoms with E-state index in [2.05, 4.69) is 20.2 Å². The van der Waals surface area contributed by atoms with Crippen molar-refractivity contribution in [3.05, 3.63) is 65.2 Å². The van der Waals surface area contributed by atoms with E-state index in [4.69, 9.17) is 14.2 Å². The van der Waals surface area contributed by atoms with Gasteiger partial charge in [-0.15, -0.1) is 12.4 Å². The van der Waals surface area contributed by atoms with Crippen molar-refractivity contribution in [3.8, 4) is 17.2 Å². The molecule has 0 radical (unpaired) electrons. The third kappa shape index (κ3) is 5.03. The summed E-state index contributed by atoms with van der Waals surface area (Å²) in [6.45, 7) is 2.24. The Morgan fingerprint density at radius 3 is 2.47 bits per heavy atom. The first-order valence-corrected chi connectivity index (χ1v) is 9.99. The molecule has 4 rings (SSSR count). The van der Waals surface area contributed by atoms with Gasteiger partial charge in [0.1, 0.15) is 11.6 Å². The molecule has 0 amide bonds. The fourth-order valence-corrected chi connectivity index (χ4v) is 3.71. The van der Waals surface area contributed by atoms with E-state index in [1.807, 2.05) is 18.3 Å². The average molecular weight is 461 g/mol. The molecule has 2 heterocycles. The van der Waals surface area contributed by atoms with Crippen LogP contribution in [0.4, 0.5) is 16.0 Å². The molecule has 1 aromatic heterocycles. The number of anilines is 2. The average Bonchev–Trinajstić information content (AvgIpc) is 2.80. The Labute approximate surface area is 193 Å². The molecule has 0 atom stereocenters. The number of fused-ring (bicyclic) bond motifs is 1. The predicted molar refractivity (Wildman–Crippen MR) is 123 cm³/mol. The van der Waals surface area contributed by atoms with Crippen LogP contribution in [0.5, 0.6) is 17.2 Å². The van der Waals surface area contributed by atoms with E-state index in [1.54, 1.807) is 39.5 Å². The number of nitrogens with zero attached hydrogens (tertiary/aromatic N) is 3. The molecule has 0 bridgehead atoms. The van der Waals surface area contributed by atoms with E-state index >= 15 is 0 Å². The molecule has 1 N–H and O–H groups in total. The zero-order valence-corrected chi connectivity index (χ0v) is 19.0. The number of methoxy groups -OCH3 is 3. The largest absolute Gasteiger partial charge is 0.496 e. The van der Waals surface area contributed by atoms with Crippen LogP contribution >= 0.6 is 12.4 Å². The van der Waals surface area contributed by atoms with Crippen LogP contribution in [0.2, 0.25) is 0 Å². The van der Waals surface area contributed by atoms with Gasteiger partial charge in [-0.05, 0) is 18.2 Å². The molecule has 0 aliphatic carbocycles. The molecule has 3 aromatic rings. The van der Waals surface area contributed by atoms with Crippen molar-refractivity contribution in [2.45, 2.75) is 19.5 Å². The number of ether oxygens (including phenoxy) is 3. The Balaban J connectivity index is 0.00000289. The second-order valence-electron chi connectivity index (χ2n) is 7.25. The van der Waals surface area contributed by atoms with E-state index in [0.717, 1.165) is 35.5 Å². The molecule has 9 heteroatoms. The quantitative estimate of drug-likeness (QED) is 0.561. The second-order valence-corrected chi connectivity index (χ2v) is 7.25. The van der Waals surface area contributed by atoms with Crippen LogP contribution in [0.15, 0.2) is 42.6 Å². The summed E-state index contributed by atoms with van der Waals surface area (Å²) in [5.74, 6) is 2.13. The maximum absolute atomic E-state index is 13.9. The number of rotatable bonds is 7. The fraction of sp³-hybridized carbons (Fsp3) is 0.304. The number of aromatic nitrogens is 2. The van der Waals surface area contributed by atoms with Gasteiger partial charge in [0.2, 0.25) is 5.95 Å². The minimum absolute atomic E-state index is 0. The lowest BCUT2D eigenvalue weighted by atomic mass is 10.1. The SMILES string of the molecule is COc1cc(OC)c(OC)cc1CN1CCc2nc(Nc3ccccc3F)ncc2C1.Cl. The molecular weight excluding hydrogens is 435 g/mol. The Hall–Kier alpha value is -3.10. The van der Waals surface area contributed by atoms with Gasteiger partial charge in [-0.3, -0.25) is 4.90 Å². The lowest BCUT2D eigenvalue weighted by Gasteiger charge is -2.28. The highest BCUT2D eigenvalue weighted by molar-refractivity contribution is 5.85. The summed E-state index contributed by atoms with van der Waals surface area (Å²) in [5.41, 5.74) is 3.41. The van der Waals surface area contributed by atoms with Gasteiger partial charge in [0.05, 0.1) is 32.7 Å². The lowest BCUT2D eigenvalue weighted by molar-refractivity contribution is 0.238. The van der Waals surface area contributed by atoms with Crippen LogP contribution in [0, 0.1) is 5.82 Å². The van der Waals surface area contributed by atoms with E-state index in [9.17, 15) is 4.39 Å². The first kappa shape index (κ1) is 23.6. The predicted octanol–water partition coefficient (Wildman–Crippen LogP) is 4.37. The van der Waals surface area contributed by atoms with Crippen LogP contribution < -0.4 is 19.5 Å². The number of hydrogen-bond donors (Lipinski definition) is 1. The number of nitrogens with one attached hydrogen (secondary N) is 1. The summed E-state index contributed by atoms with van der Waals surface area (Å²) in [6, 6.07) is 10.3. The van der Waals surface area contributed by atoms with Gasteiger partial charge in [-0.2, -0.15) is 0 Å². The van der Waals surface area contributed by atoms with Crippen molar-refractivity contribution in [2.24, 2.45) is 0 Å². The van der Waals surface area contributed by atoms with Gasteiger partial charge >= 0.3 is 0 Å². The summed E-state index contributed by atoms with van der Waals surface area (Å²) >= 11 is 0. The summed E-state index contributed by atoms with van der Waals surface area (Å²) in [4.78, 5) is 11.3. The van der Waals surface area contributed by atoms with Crippen LogP contribution in [0.1, 0.15) is 16.8 Å². The molecule has 0 unspecified atom stereocenters. The van der Waals surface area contributed by atoms with Gasteiger partial charge in [0.25, 0.3) is 0 Å². The van der Waals surface area contributed by atoms with Crippen molar-refractivity contribution in [1.82, 2.24) is 14.9 Å². The van der Waals surface area contributed by atoms with Crippen LogP contribution in [-0.2, 0) is 19.5 Å². The van der Waals surface area contributed by atoms with E-state index in [0.29, 0.717) is 36.2 Å². The molecule has 0 fully saturated rings. The first-order valence-electron chi connectivity index (χ1n) is 9.99. The van der Waals surface area contributed by atoms with Crippen LogP contribution in [-0.4, -0.2) is 42.7 Å². The smallest absolute Gasteiger partial charge is 0.227 e. The topological polar surface area (TPSA) is 68.7 Å². The van der Waals surface area contributed by atoms with Gasteiger partial charge < -0.3 is 19.5 Å². The summed E-state index contributed by atoms with van der Waals surface area (Å²) in [7, 11) is 4.87. The summed E-state index contributed by atoms with van der Waals surface area (Å²) in [5, 5.41) is 2.96. The monoisotopic (exact) mass is 460 g/mol. The van der Waals surface area contributed by atoms with E-state index < -0.39 is 0 Å².